The van der Waals surface area contributed by atoms with Gasteiger partial charge in [-0.3, -0.25) is 4.79 Å². The number of pyridine rings is 1. The Morgan fingerprint density at radius 1 is 1.48 bits per heavy atom. The number of nitrogens with one attached hydrogen (secondary N) is 2. The summed E-state index contributed by atoms with van der Waals surface area (Å²) in [5.41, 5.74) is 2.92. The normalized spacial score (nSPS) is 17.3. The number of hydrogen-bond donors (Lipinski definition) is 3. The smallest absolute Gasteiger partial charge is 0.255 e. The maximum Gasteiger partial charge on any atom is 0.255 e. The van der Waals surface area contributed by atoms with Crippen LogP contribution < -0.4 is 16.6 Å². The van der Waals surface area contributed by atoms with Gasteiger partial charge in [-0.25, -0.2) is 10.8 Å². The summed E-state index contributed by atoms with van der Waals surface area (Å²) in [6.45, 7) is 0.684. The van der Waals surface area contributed by atoms with Crippen molar-refractivity contribution in [1.29, 1.82) is 0 Å². The Morgan fingerprint density at radius 3 is 2.81 bits per heavy atom. The number of halogens is 1. The van der Waals surface area contributed by atoms with E-state index < -0.39 is 0 Å². The Bertz CT molecular complexity index is 506. The van der Waals surface area contributed by atoms with E-state index in [1.165, 1.54) is 19.3 Å². The van der Waals surface area contributed by atoms with Crippen LogP contribution >= 0.6 is 27.7 Å². The predicted molar refractivity (Wildman–Crippen MR) is 91.4 cm³/mol. The van der Waals surface area contributed by atoms with E-state index in [4.69, 9.17) is 5.84 Å². The van der Waals surface area contributed by atoms with Gasteiger partial charge in [0.15, 0.2) is 5.82 Å². The molecule has 1 aliphatic rings. The number of anilines is 1. The summed E-state index contributed by atoms with van der Waals surface area (Å²) in [6.07, 6.45) is 9.84. The lowest BCUT2D eigenvalue weighted by Gasteiger charge is -2.35. The number of nitrogens with zero attached hydrogens (tertiary/aromatic N) is 1. The van der Waals surface area contributed by atoms with Crippen LogP contribution in [0, 0.1) is 0 Å². The van der Waals surface area contributed by atoms with E-state index >= 15 is 0 Å². The summed E-state index contributed by atoms with van der Waals surface area (Å²) >= 11 is 5.19. The number of carbonyl (C=O) groups excluding carboxylic acids is 1. The topological polar surface area (TPSA) is 80.0 Å². The van der Waals surface area contributed by atoms with Gasteiger partial charge in [-0.2, -0.15) is 11.8 Å². The van der Waals surface area contributed by atoms with Crippen molar-refractivity contribution in [2.45, 2.75) is 36.9 Å². The van der Waals surface area contributed by atoms with Crippen molar-refractivity contribution >= 4 is 39.4 Å². The first-order valence-corrected chi connectivity index (χ1v) is 9.07. The summed E-state index contributed by atoms with van der Waals surface area (Å²) in [6, 6.07) is 1.73. The minimum absolute atomic E-state index is 0.143. The van der Waals surface area contributed by atoms with Crippen LogP contribution in [-0.4, -0.2) is 28.4 Å². The van der Waals surface area contributed by atoms with Crippen molar-refractivity contribution in [3.8, 4) is 0 Å². The van der Waals surface area contributed by atoms with Crippen molar-refractivity contribution in [1.82, 2.24) is 10.3 Å². The average Bonchev–Trinajstić information content (AvgIpc) is 2.53. The molecule has 0 atom stereocenters. The molecule has 1 aliphatic carbocycles. The lowest BCUT2D eigenvalue weighted by Crippen LogP contribution is -2.42. The molecule has 0 aromatic carbocycles. The quantitative estimate of drug-likeness (QED) is 0.546. The van der Waals surface area contributed by atoms with Gasteiger partial charge in [0.05, 0.1) is 5.56 Å². The molecule has 5 nitrogen and oxygen atoms in total. The van der Waals surface area contributed by atoms with E-state index in [1.54, 1.807) is 12.3 Å². The standard InChI is InChI=1S/C14H21BrN4OS/c1-21-14(5-3-2-4-6-14)9-18-13(20)11-7-10(15)8-17-12(11)19-16/h7-8H,2-6,9,16H2,1H3,(H,17,19)(H,18,20). The molecule has 0 saturated heterocycles. The van der Waals surface area contributed by atoms with E-state index in [0.29, 0.717) is 17.9 Å². The molecule has 7 heteroatoms. The fourth-order valence-electron chi connectivity index (χ4n) is 2.71. The fraction of sp³-hybridized carbons (Fsp3) is 0.571. The molecule has 2 rings (SSSR count). The second-order valence-electron chi connectivity index (χ2n) is 5.32. The molecule has 1 aromatic rings. The van der Waals surface area contributed by atoms with Crippen molar-refractivity contribution in [2.24, 2.45) is 5.84 Å². The van der Waals surface area contributed by atoms with E-state index in [9.17, 15) is 4.79 Å². The van der Waals surface area contributed by atoms with Crippen LogP contribution in [0.4, 0.5) is 5.82 Å². The molecule has 1 saturated carbocycles. The molecule has 21 heavy (non-hydrogen) atoms. The Morgan fingerprint density at radius 2 is 2.19 bits per heavy atom. The summed E-state index contributed by atoms with van der Waals surface area (Å²) in [5.74, 6) is 5.66. The third kappa shape index (κ3) is 4.11. The van der Waals surface area contributed by atoms with Gasteiger partial charge in [0, 0.05) is 22.0 Å². The lowest BCUT2D eigenvalue weighted by atomic mass is 9.88. The average molecular weight is 373 g/mol. The van der Waals surface area contributed by atoms with Gasteiger partial charge in [0.25, 0.3) is 5.91 Å². The highest BCUT2D eigenvalue weighted by Crippen LogP contribution is 2.38. The van der Waals surface area contributed by atoms with Crippen molar-refractivity contribution in [3.63, 3.8) is 0 Å². The SMILES string of the molecule is CSC1(CNC(=O)c2cc(Br)cnc2NN)CCCCC1. The first-order valence-electron chi connectivity index (χ1n) is 7.06. The number of nitrogens with two attached hydrogens (primary N) is 1. The molecule has 0 bridgehead atoms. The highest BCUT2D eigenvalue weighted by Gasteiger charge is 2.31. The lowest BCUT2D eigenvalue weighted by molar-refractivity contribution is 0.0947. The highest BCUT2D eigenvalue weighted by atomic mass is 79.9. The number of hydrazine groups is 1. The second-order valence-corrected chi connectivity index (χ2v) is 7.51. The minimum Gasteiger partial charge on any atom is -0.351 e. The van der Waals surface area contributed by atoms with Gasteiger partial charge in [-0.1, -0.05) is 19.3 Å². The molecule has 0 spiro atoms. The van der Waals surface area contributed by atoms with Gasteiger partial charge < -0.3 is 10.7 Å². The Kier molecular flexibility index (Phi) is 5.89. The second kappa shape index (κ2) is 7.47. The van der Waals surface area contributed by atoms with Crippen molar-refractivity contribution in [3.05, 3.63) is 22.3 Å². The van der Waals surface area contributed by atoms with Crippen LogP contribution in [-0.2, 0) is 0 Å². The summed E-state index contributed by atoms with van der Waals surface area (Å²) in [5, 5.41) is 3.05. The minimum atomic E-state index is -0.143. The maximum atomic E-state index is 12.4. The van der Waals surface area contributed by atoms with Crippen LogP contribution in [0.25, 0.3) is 0 Å². The zero-order valence-electron chi connectivity index (χ0n) is 12.1. The van der Waals surface area contributed by atoms with E-state index in [1.807, 2.05) is 11.8 Å². The number of amides is 1. The fourth-order valence-corrected chi connectivity index (χ4v) is 3.96. The number of rotatable bonds is 5. The molecular weight excluding hydrogens is 352 g/mol. The van der Waals surface area contributed by atoms with Crippen LogP contribution in [0.2, 0.25) is 0 Å². The maximum absolute atomic E-state index is 12.4. The third-order valence-corrected chi connectivity index (χ3v) is 5.86. The summed E-state index contributed by atoms with van der Waals surface area (Å²) < 4.78 is 0.924. The Balaban J connectivity index is 2.06. The molecule has 0 radical (unpaired) electrons. The zero-order valence-corrected chi connectivity index (χ0v) is 14.5. The largest absolute Gasteiger partial charge is 0.351 e. The molecule has 116 valence electrons. The molecule has 1 aromatic heterocycles. The van der Waals surface area contributed by atoms with Crippen molar-refractivity contribution in [2.75, 3.05) is 18.2 Å². The first-order chi connectivity index (χ1) is 10.1. The van der Waals surface area contributed by atoms with Crippen molar-refractivity contribution < 1.29 is 4.79 Å². The Hall–Kier alpha value is -0.790. The highest BCUT2D eigenvalue weighted by molar-refractivity contribution is 9.10. The van der Waals surface area contributed by atoms with Crippen LogP contribution in [0.1, 0.15) is 42.5 Å². The molecular formula is C14H21BrN4OS. The van der Waals surface area contributed by atoms with Crippen LogP contribution in [0.3, 0.4) is 0 Å². The van der Waals surface area contributed by atoms with E-state index in [-0.39, 0.29) is 10.7 Å². The van der Waals surface area contributed by atoms with Gasteiger partial charge >= 0.3 is 0 Å². The summed E-state index contributed by atoms with van der Waals surface area (Å²) in [4.78, 5) is 16.5. The predicted octanol–water partition coefficient (Wildman–Crippen LogP) is 2.93. The number of nitrogen functional groups attached to an aromatic ring is 1. The Labute approximate surface area is 137 Å². The third-order valence-electron chi connectivity index (χ3n) is 4.00. The van der Waals surface area contributed by atoms with E-state index in [0.717, 1.165) is 17.3 Å². The number of aromatic nitrogens is 1. The monoisotopic (exact) mass is 372 g/mol. The van der Waals surface area contributed by atoms with Gasteiger partial charge in [-0.05, 0) is 41.1 Å². The molecule has 4 N–H and O–H groups in total. The van der Waals surface area contributed by atoms with Crippen LogP contribution in [0.5, 0.6) is 0 Å². The molecule has 1 fully saturated rings. The molecule has 1 amide bonds. The number of hydrogen-bond acceptors (Lipinski definition) is 5. The van der Waals surface area contributed by atoms with E-state index in [2.05, 4.69) is 37.9 Å². The van der Waals surface area contributed by atoms with Gasteiger partial charge in [0.1, 0.15) is 0 Å². The molecule has 0 aliphatic heterocycles. The summed E-state index contributed by atoms with van der Waals surface area (Å²) in [7, 11) is 0. The zero-order chi connectivity index (χ0) is 15.3. The van der Waals surface area contributed by atoms with Gasteiger partial charge in [0.2, 0.25) is 0 Å². The van der Waals surface area contributed by atoms with Gasteiger partial charge in [-0.15, -0.1) is 0 Å². The molecule has 1 heterocycles. The first kappa shape index (κ1) is 16.6. The van der Waals surface area contributed by atoms with Crippen LogP contribution in [0.15, 0.2) is 16.7 Å². The number of thioether (sulfide) groups is 1. The number of carbonyl (C=O) groups is 1. The molecule has 0 unspecified atom stereocenters.